The molecule has 0 N–H and O–H groups in total. The molecule has 26 heavy (non-hydrogen) atoms. The van der Waals surface area contributed by atoms with Crippen LogP contribution in [-0.2, 0) is 9.47 Å². The smallest absolute Gasteiger partial charge is 0.338 e. The third-order valence-corrected chi connectivity index (χ3v) is 3.44. The lowest BCUT2D eigenvalue weighted by Crippen LogP contribution is -2.06. The maximum atomic E-state index is 11.8. The Labute approximate surface area is 151 Å². The minimum atomic E-state index is -0.437. The van der Waals surface area contributed by atoms with E-state index >= 15 is 0 Å². The van der Waals surface area contributed by atoms with Crippen molar-refractivity contribution in [2.24, 2.45) is 0 Å². The molecule has 2 rings (SSSR count). The van der Waals surface area contributed by atoms with Gasteiger partial charge in [-0.1, -0.05) is 0 Å². The van der Waals surface area contributed by atoms with E-state index in [1.165, 1.54) is 0 Å². The zero-order valence-corrected chi connectivity index (χ0v) is 14.6. The minimum absolute atomic E-state index is 0.0882. The van der Waals surface area contributed by atoms with Crippen LogP contribution in [0.25, 0.3) is 0 Å². The molecule has 0 atom stereocenters. The van der Waals surface area contributed by atoms with Crippen LogP contribution < -0.4 is 9.47 Å². The summed E-state index contributed by atoms with van der Waals surface area (Å²) in [6, 6.07) is 13.2. The van der Waals surface area contributed by atoms with E-state index in [1.807, 2.05) is 0 Å². The number of hydrogen-bond donors (Lipinski definition) is 0. The third-order valence-electron chi connectivity index (χ3n) is 3.44. The Morgan fingerprint density at radius 2 is 1.04 bits per heavy atom. The monoisotopic (exact) mass is 356 g/mol. The first-order valence-electron chi connectivity index (χ1n) is 7.91. The summed E-state index contributed by atoms with van der Waals surface area (Å²) >= 11 is 0. The Kier molecular flexibility index (Phi) is 7.24. The van der Waals surface area contributed by atoms with Crippen molar-refractivity contribution in [1.29, 1.82) is 0 Å². The molecule has 0 amide bonds. The molecule has 0 heterocycles. The molecule has 2 aromatic rings. The second kappa shape index (κ2) is 9.88. The van der Waals surface area contributed by atoms with Gasteiger partial charge in [-0.2, -0.15) is 0 Å². The van der Waals surface area contributed by atoms with Crippen LogP contribution in [0.3, 0.4) is 0 Å². The van der Waals surface area contributed by atoms with Crippen molar-refractivity contribution in [2.45, 2.75) is 0 Å². The molecular weight excluding hydrogens is 336 g/mol. The molecule has 136 valence electrons. The fraction of sp³-hybridized carbons (Fsp3) is 0.200. The highest BCUT2D eigenvalue weighted by Gasteiger charge is 2.07. The zero-order chi connectivity index (χ0) is 18.8. The molecule has 6 nitrogen and oxygen atoms in total. The summed E-state index contributed by atoms with van der Waals surface area (Å²) < 4.78 is 20.2. The second-order valence-corrected chi connectivity index (χ2v) is 5.13. The topological polar surface area (TPSA) is 71.1 Å². The molecule has 0 fully saturated rings. The Balaban J connectivity index is 1.69. The van der Waals surface area contributed by atoms with Gasteiger partial charge in [-0.15, -0.1) is 0 Å². The van der Waals surface area contributed by atoms with Crippen LogP contribution in [0.4, 0.5) is 0 Å². The summed E-state index contributed by atoms with van der Waals surface area (Å²) in [5.74, 6) is 0.459. The Morgan fingerprint density at radius 3 is 1.35 bits per heavy atom. The molecule has 0 aliphatic rings. The molecule has 0 unspecified atom stereocenters. The minimum Gasteiger partial charge on any atom is -0.497 e. The number of carbonyl (C=O) groups is 2. The van der Waals surface area contributed by atoms with E-state index < -0.39 is 11.9 Å². The summed E-state index contributed by atoms with van der Waals surface area (Å²) in [4.78, 5) is 23.7. The van der Waals surface area contributed by atoms with Gasteiger partial charge in [0.2, 0.25) is 0 Å². The Bertz CT molecular complexity index is 681. The SMILES string of the molecule is COc1ccc(C(=O)OC/C=C/COC(=O)c2ccc(OC)cc2)cc1. The van der Waals surface area contributed by atoms with Crippen molar-refractivity contribution in [3.05, 3.63) is 71.8 Å². The van der Waals surface area contributed by atoms with E-state index in [0.29, 0.717) is 22.6 Å². The van der Waals surface area contributed by atoms with E-state index in [9.17, 15) is 9.59 Å². The number of esters is 2. The predicted molar refractivity (Wildman–Crippen MR) is 95.7 cm³/mol. The van der Waals surface area contributed by atoms with Crippen molar-refractivity contribution in [3.63, 3.8) is 0 Å². The maximum absolute atomic E-state index is 11.8. The van der Waals surface area contributed by atoms with E-state index in [0.717, 1.165) is 0 Å². The quantitative estimate of drug-likeness (QED) is 0.534. The standard InChI is InChI=1S/C20H20O6/c1-23-17-9-5-15(6-10-17)19(21)25-13-3-4-14-26-20(22)16-7-11-18(24-2)12-8-16/h3-12H,13-14H2,1-2H3/b4-3+. The first-order valence-corrected chi connectivity index (χ1v) is 7.91. The van der Waals surface area contributed by atoms with Gasteiger partial charge in [0.1, 0.15) is 24.7 Å². The summed E-state index contributed by atoms with van der Waals surface area (Å²) in [6.45, 7) is 0.176. The number of methoxy groups -OCH3 is 2. The molecule has 0 aliphatic heterocycles. The first kappa shape index (κ1) is 19.1. The molecule has 0 saturated carbocycles. The average Bonchev–Trinajstić information content (AvgIpc) is 2.70. The van der Waals surface area contributed by atoms with Crippen molar-refractivity contribution in [3.8, 4) is 11.5 Å². The maximum Gasteiger partial charge on any atom is 0.338 e. The summed E-state index contributed by atoms with van der Waals surface area (Å²) in [5, 5.41) is 0. The lowest BCUT2D eigenvalue weighted by molar-refractivity contribution is 0.0527. The highest BCUT2D eigenvalue weighted by atomic mass is 16.5. The van der Waals surface area contributed by atoms with Crippen molar-refractivity contribution in [1.82, 2.24) is 0 Å². The van der Waals surface area contributed by atoms with E-state index in [4.69, 9.17) is 18.9 Å². The number of ether oxygens (including phenoxy) is 4. The third kappa shape index (κ3) is 5.66. The summed E-state index contributed by atoms with van der Waals surface area (Å²) in [6.07, 6.45) is 3.23. The number of hydrogen-bond acceptors (Lipinski definition) is 6. The average molecular weight is 356 g/mol. The highest BCUT2D eigenvalue weighted by molar-refractivity contribution is 5.90. The van der Waals surface area contributed by atoms with Gasteiger partial charge in [-0.25, -0.2) is 9.59 Å². The van der Waals surface area contributed by atoms with Crippen molar-refractivity contribution < 1.29 is 28.5 Å². The van der Waals surface area contributed by atoms with Gasteiger partial charge in [0.25, 0.3) is 0 Å². The van der Waals surface area contributed by atoms with Crippen LogP contribution in [-0.4, -0.2) is 39.4 Å². The molecule has 0 bridgehead atoms. The van der Waals surface area contributed by atoms with Crippen LogP contribution in [0, 0.1) is 0 Å². The van der Waals surface area contributed by atoms with Crippen LogP contribution in [0.2, 0.25) is 0 Å². The molecule has 0 saturated heterocycles. The van der Waals surface area contributed by atoms with Crippen molar-refractivity contribution in [2.75, 3.05) is 27.4 Å². The largest absolute Gasteiger partial charge is 0.497 e. The number of benzene rings is 2. The summed E-state index contributed by atoms with van der Waals surface area (Å²) in [7, 11) is 3.11. The van der Waals surface area contributed by atoms with Gasteiger partial charge in [0.15, 0.2) is 0 Å². The first-order chi connectivity index (χ1) is 12.6. The normalized spacial score (nSPS) is 10.4. The van der Waals surface area contributed by atoms with Crippen LogP contribution in [0.5, 0.6) is 11.5 Å². The van der Waals surface area contributed by atoms with Crippen LogP contribution in [0.1, 0.15) is 20.7 Å². The van der Waals surface area contributed by atoms with Gasteiger partial charge >= 0.3 is 11.9 Å². The molecule has 0 radical (unpaired) electrons. The van der Waals surface area contributed by atoms with E-state index in [-0.39, 0.29) is 13.2 Å². The lowest BCUT2D eigenvalue weighted by Gasteiger charge is -2.04. The van der Waals surface area contributed by atoms with E-state index in [1.54, 1.807) is 74.9 Å². The van der Waals surface area contributed by atoms with E-state index in [2.05, 4.69) is 0 Å². The van der Waals surface area contributed by atoms with Gasteiger partial charge in [-0.3, -0.25) is 0 Å². The predicted octanol–water partition coefficient (Wildman–Crippen LogP) is 3.27. The van der Waals surface area contributed by atoms with Gasteiger partial charge in [0, 0.05) is 0 Å². The molecule has 2 aromatic carbocycles. The van der Waals surface area contributed by atoms with Gasteiger partial charge in [-0.05, 0) is 60.7 Å². The van der Waals surface area contributed by atoms with Gasteiger partial charge < -0.3 is 18.9 Å². The van der Waals surface area contributed by atoms with Gasteiger partial charge in [0.05, 0.1) is 25.3 Å². The fourth-order valence-electron chi connectivity index (χ4n) is 2.00. The molecule has 0 spiro atoms. The second-order valence-electron chi connectivity index (χ2n) is 5.13. The molecule has 6 heteroatoms. The highest BCUT2D eigenvalue weighted by Crippen LogP contribution is 2.13. The summed E-state index contributed by atoms with van der Waals surface area (Å²) in [5.41, 5.74) is 0.871. The lowest BCUT2D eigenvalue weighted by atomic mass is 10.2. The number of rotatable bonds is 8. The Morgan fingerprint density at radius 1 is 0.692 bits per heavy atom. The van der Waals surface area contributed by atoms with Crippen LogP contribution >= 0.6 is 0 Å². The zero-order valence-electron chi connectivity index (χ0n) is 14.6. The molecule has 0 aliphatic carbocycles. The number of carbonyl (C=O) groups excluding carboxylic acids is 2. The fourth-order valence-corrected chi connectivity index (χ4v) is 2.00. The Hall–Kier alpha value is -3.28. The molecule has 0 aromatic heterocycles. The van der Waals surface area contributed by atoms with Crippen LogP contribution in [0.15, 0.2) is 60.7 Å². The van der Waals surface area contributed by atoms with Crippen molar-refractivity contribution >= 4 is 11.9 Å². The molecular formula is C20H20O6.